The van der Waals surface area contributed by atoms with E-state index in [2.05, 4.69) is 9.97 Å². The van der Waals surface area contributed by atoms with Gasteiger partial charge in [-0.15, -0.1) is 0 Å². The molecule has 0 spiro atoms. The van der Waals surface area contributed by atoms with Crippen LogP contribution in [0.2, 0.25) is 0 Å². The van der Waals surface area contributed by atoms with Crippen LogP contribution in [0.5, 0.6) is 5.88 Å². The molecule has 27 heavy (non-hydrogen) atoms. The molecule has 3 heterocycles. The minimum atomic E-state index is -0.232. The summed E-state index contributed by atoms with van der Waals surface area (Å²) < 4.78 is 6.99. The number of pyridine rings is 1. The largest absolute Gasteiger partial charge is 0.471 e. The van der Waals surface area contributed by atoms with Crippen LogP contribution in [0.3, 0.4) is 0 Å². The van der Waals surface area contributed by atoms with Gasteiger partial charge >= 0.3 is 0 Å². The molecule has 0 N–H and O–H groups in total. The van der Waals surface area contributed by atoms with Gasteiger partial charge in [0.05, 0.1) is 35.9 Å². The molecular weight excluding hydrogens is 346 g/mol. The molecule has 0 atom stereocenters. The molecule has 0 aliphatic carbocycles. The first kappa shape index (κ1) is 16.7. The van der Waals surface area contributed by atoms with Gasteiger partial charge in [0.25, 0.3) is 5.56 Å². The lowest BCUT2D eigenvalue weighted by Crippen LogP contribution is -2.57. The van der Waals surface area contributed by atoms with Gasteiger partial charge in [0.2, 0.25) is 11.8 Å². The lowest BCUT2D eigenvalue weighted by Gasteiger charge is -2.38. The SMILES string of the molecule is N#Cc1ccc(OC2CN(C(=O)Cn3cnc4ccccc4c3=O)C2)nc1. The summed E-state index contributed by atoms with van der Waals surface area (Å²) in [4.78, 5) is 34.7. The zero-order valence-corrected chi connectivity index (χ0v) is 14.3. The highest BCUT2D eigenvalue weighted by molar-refractivity contribution is 5.79. The molecule has 1 aromatic carbocycles. The van der Waals surface area contributed by atoms with Crippen LogP contribution in [0.1, 0.15) is 5.56 Å². The Balaban J connectivity index is 1.36. The van der Waals surface area contributed by atoms with Crippen molar-refractivity contribution in [3.63, 3.8) is 0 Å². The molecule has 0 saturated carbocycles. The Bertz CT molecular complexity index is 1090. The Kier molecular flexibility index (Phi) is 4.26. The Morgan fingerprint density at radius 1 is 1.22 bits per heavy atom. The quantitative estimate of drug-likeness (QED) is 0.686. The van der Waals surface area contributed by atoms with Crippen molar-refractivity contribution in [2.24, 2.45) is 0 Å². The fourth-order valence-corrected chi connectivity index (χ4v) is 2.87. The third kappa shape index (κ3) is 3.35. The third-order valence-corrected chi connectivity index (χ3v) is 4.39. The second-order valence-corrected chi connectivity index (χ2v) is 6.23. The molecule has 1 saturated heterocycles. The maximum atomic E-state index is 12.4. The Labute approximate surface area is 154 Å². The topological polar surface area (TPSA) is 101 Å². The highest BCUT2D eigenvalue weighted by atomic mass is 16.5. The summed E-state index contributed by atoms with van der Waals surface area (Å²) in [5.41, 5.74) is 0.838. The fourth-order valence-electron chi connectivity index (χ4n) is 2.87. The Hall–Kier alpha value is -3.73. The summed E-state index contributed by atoms with van der Waals surface area (Å²) in [5, 5.41) is 9.25. The number of fused-ring (bicyclic) bond motifs is 1. The van der Waals surface area contributed by atoms with Crippen LogP contribution >= 0.6 is 0 Å². The van der Waals surface area contributed by atoms with E-state index in [1.54, 1.807) is 35.2 Å². The van der Waals surface area contributed by atoms with Gasteiger partial charge < -0.3 is 9.64 Å². The van der Waals surface area contributed by atoms with E-state index < -0.39 is 0 Å². The average Bonchev–Trinajstić information content (AvgIpc) is 2.67. The van der Waals surface area contributed by atoms with Gasteiger partial charge in [0, 0.05) is 12.3 Å². The molecule has 1 aliphatic heterocycles. The van der Waals surface area contributed by atoms with E-state index in [1.807, 2.05) is 12.1 Å². The minimum Gasteiger partial charge on any atom is -0.471 e. The smallest absolute Gasteiger partial charge is 0.261 e. The fraction of sp³-hybridized carbons (Fsp3) is 0.211. The molecule has 134 valence electrons. The average molecular weight is 361 g/mol. The standard InChI is InChI=1S/C19H15N5O3/c20-7-13-5-6-17(21-8-13)27-14-9-23(10-14)18(25)11-24-12-22-16-4-2-1-3-15(16)19(24)26/h1-6,8,12,14H,9-11H2. The zero-order valence-electron chi connectivity index (χ0n) is 14.3. The first-order valence-electron chi connectivity index (χ1n) is 8.39. The summed E-state index contributed by atoms with van der Waals surface area (Å²) in [6, 6.07) is 12.3. The molecule has 0 radical (unpaired) electrons. The number of carbonyl (C=O) groups excluding carboxylic acids is 1. The van der Waals surface area contributed by atoms with E-state index >= 15 is 0 Å². The number of nitriles is 1. The van der Waals surface area contributed by atoms with Gasteiger partial charge in [-0.25, -0.2) is 9.97 Å². The Morgan fingerprint density at radius 2 is 2.04 bits per heavy atom. The molecule has 1 amide bonds. The molecule has 4 rings (SSSR count). The highest BCUT2D eigenvalue weighted by Crippen LogP contribution is 2.16. The summed E-state index contributed by atoms with van der Waals surface area (Å²) in [5.74, 6) is 0.253. The highest BCUT2D eigenvalue weighted by Gasteiger charge is 2.32. The summed E-state index contributed by atoms with van der Waals surface area (Å²) in [7, 11) is 0. The van der Waals surface area contributed by atoms with E-state index in [0.29, 0.717) is 35.4 Å². The minimum absolute atomic E-state index is 0.0570. The van der Waals surface area contributed by atoms with E-state index in [4.69, 9.17) is 10.00 Å². The van der Waals surface area contributed by atoms with Crippen LogP contribution in [0.4, 0.5) is 0 Å². The number of para-hydroxylation sites is 1. The number of likely N-dealkylation sites (tertiary alicyclic amines) is 1. The maximum absolute atomic E-state index is 12.4. The first-order chi connectivity index (χ1) is 13.1. The van der Waals surface area contributed by atoms with Gasteiger partial charge in [-0.1, -0.05) is 12.1 Å². The van der Waals surface area contributed by atoms with Crippen molar-refractivity contribution < 1.29 is 9.53 Å². The van der Waals surface area contributed by atoms with Crippen molar-refractivity contribution in [2.45, 2.75) is 12.6 Å². The number of hydrogen-bond donors (Lipinski definition) is 0. The van der Waals surface area contributed by atoms with Crippen LogP contribution in [0.25, 0.3) is 10.9 Å². The van der Waals surface area contributed by atoms with Crippen LogP contribution in [0, 0.1) is 11.3 Å². The number of rotatable bonds is 4. The number of carbonyl (C=O) groups is 1. The van der Waals surface area contributed by atoms with Crippen LogP contribution < -0.4 is 10.3 Å². The summed E-state index contributed by atoms with van der Waals surface area (Å²) >= 11 is 0. The lowest BCUT2D eigenvalue weighted by atomic mass is 10.1. The number of ether oxygens (including phenoxy) is 1. The van der Waals surface area contributed by atoms with Crippen LogP contribution in [0.15, 0.2) is 53.7 Å². The van der Waals surface area contributed by atoms with Gasteiger partial charge in [0.15, 0.2) is 0 Å². The van der Waals surface area contributed by atoms with Gasteiger partial charge in [-0.3, -0.25) is 14.2 Å². The summed E-state index contributed by atoms with van der Waals surface area (Å²) in [6.45, 7) is 0.797. The number of hydrogen-bond acceptors (Lipinski definition) is 6. The summed E-state index contributed by atoms with van der Waals surface area (Å²) in [6.07, 6.45) is 2.69. The van der Waals surface area contributed by atoms with E-state index in [9.17, 15) is 9.59 Å². The molecule has 1 fully saturated rings. The van der Waals surface area contributed by atoms with Gasteiger partial charge in [0.1, 0.15) is 18.7 Å². The predicted molar refractivity (Wildman–Crippen MR) is 96.0 cm³/mol. The van der Waals surface area contributed by atoms with Crippen molar-refractivity contribution in [3.8, 4) is 11.9 Å². The first-order valence-corrected chi connectivity index (χ1v) is 8.39. The second kappa shape index (κ2) is 6.88. The second-order valence-electron chi connectivity index (χ2n) is 6.23. The van der Waals surface area contributed by atoms with Gasteiger partial charge in [-0.2, -0.15) is 5.26 Å². The van der Waals surface area contributed by atoms with Crippen molar-refractivity contribution in [3.05, 3.63) is 64.8 Å². The lowest BCUT2D eigenvalue weighted by molar-refractivity contribution is -0.140. The number of amides is 1. The van der Waals surface area contributed by atoms with E-state index in [0.717, 1.165) is 0 Å². The molecule has 3 aromatic rings. The Morgan fingerprint density at radius 3 is 2.78 bits per heavy atom. The molecule has 1 aliphatic rings. The zero-order chi connectivity index (χ0) is 18.8. The molecular formula is C19H15N5O3. The number of nitrogens with zero attached hydrogens (tertiary/aromatic N) is 5. The van der Waals surface area contributed by atoms with Crippen LogP contribution in [-0.4, -0.2) is 44.5 Å². The third-order valence-electron chi connectivity index (χ3n) is 4.39. The monoisotopic (exact) mass is 361 g/mol. The predicted octanol–water partition coefficient (Wildman–Crippen LogP) is 0.953. The number of aromatic nitrogens is 3. The number of benzene rings is 1. The van der Waals surface area contributed by atoms with E-state index in [-0.39, 0.29) is 24.1 Å². The van der Waals surface area contributed by atoms with Crippen LogP contribution in [-0.2, 0) is 11.3 Å². The normalized spacial score (nSPS) is 13.8. The molecule has 8 heteroatoms. The van der Waals surface area contributed by atoms with Crippen molar-refractivity contribution in [2.75, 3.05) is 13.1 Å². The molecule has 2 aromatic heterocycles. The van der Waals surface area contributed by atoms with Crippen molar-refractivity contribution >= 4 is 16.8 Å². The molecule has 0 bridgehead atoms. The van der Waals surface area contributed by atoms with E-state index in [1.165, 1.54) is 17.1 Å². The van der Waals surface area contributed by atoms with Crippen molar-refractivity contribution in [1.29, 1.82) is 5.26 Å². The molecule has 8 nitrogen and oxygen atoms in total. The molecule has 0 unspecified atom stereocenters. The van der Waals surface area contributed by atoms with Gasteiger partial charge in [-0.05, 0) is 18.2 Å². The maximum Gasteiger partial charge on any atom is 0.261 e. The van der Waals surface area contributed by atoms with Crippen molar-refractivity contribution in [1.82, 2.24) is 19.4 Å².